The van der Waals surface area contributed by atoms with Crippen LogP contribution in [0.3, 0.4) is 0 Å². The number of nitriles is 1. The Morgan fingerprint density at radius 2 is 2.25 bits per heavy atom. The third-order valence-corrected chi connectivity index (χ3v) is 5.78. The van der Waals surface area contributed by atoms with Crippen LogP contribution in [0.15, 0.2) is 4.34 Å². The topological polar surface area (TPSA) is 64.8 Å². The smallest absolute Gasteiger partial charge is 0.208 e. The van der Waals surface area contributed by atoms with Gasteiger partial charge >= 0.3 is 0 Å². The van der Waals surface area contributed by atoms with Gasteiger partial charge in [0, 0.05) is 19.8 Å². The van der Waals surface area contributed by atoms with Crippen LogP contribution in [0.4, 0.5) is 5.13 Å². The molecule has 0 saturated heterocycles. The van der Waals surface area contributed by atoms with Crippen LogP contribution < -0.4 is 10.2 Å². The van der Waals surface area contributed by atoms with Crippen molar-refractivity contribution < 1.29 is 0 Å². The van der Waals surface area contributed by atoms with E-state index in [2.05, 4.69) is 28.5 Å². The van der Waals surface area contributed by atoms with E-state index in [1.165, 1.54) is 0 Å². The first-order valence-electron chi connectivity index (χ1n) is 6.91. The number of aromatic nitrogens is 2. The average Bonchev–Trinajstić information content (AvgIpc) is 3.18. The Hall–Kier alpha value is -0.840. The van der Waals surface area contributed by atoms with Crippen LogP contribution >= 0.6 is 23.1 Å². The molecule has 0 radical (unpaired) electrons. The second-order valence-electron chi connectivity index (χ2n) is 5.32. The van der Waals surface area contributed by atoms with E-state index >= 15 is 0 Å². The number of thioether (sulfide) groups is 1. The highest BCUT2D eigenvalue weighted by Crippen LogP contribution is 2.42. The van der Waals surface area contributed by atoms with Crippen molar-refractivity contribution in [3.05, 3.63) is 0 Å². The highest BCUT2D eigenvalue weighted by molar-refractivity contribution is 8.01. The number of rotatable bonds is 8. The largest absolute Gasteiger partial charge is 0.353 e. The van der Waals surface area contributed by atoms with E-state index < -0.39 is 5.54 Å². The van der Waals surface area contributed by atoms with Crippen molar-refractivity contribution in [3.63, 3.8) is 0 Å². The molecule has 1 aromatic rings. The summed E-state index contributed by atoms with van der Waals surface area (Å²) in [5.74, 6) is 1.24. The summed E-state index contributed by atoms with van der Waals surface area (Å²) in [5.41, 5.74) is -0.398. The number of nitrogens with zero attached hydrogens (tertiary/aromatic N) is 4. The van der Waals surface area contributed by atoms with Gasteiger partial charge in [-0.15, -0.1) is 10.2 Å². The van der Waals surface area contributed by atoms with E-state index in [4.69, 9.17) is 0 Å². The first-order valence-corrected chi connectivity index (χ1v) is 8.71. The molecule has 1 fully saturated rings. The van der Waals surface area contributed by atoms with Crippen LogP contribution in [0.2, 0.25) is 0 Å². The minimum atomic E-state index is -0.398. The zero-order valence-electron chi connectivity index (χ0n) is 12.2. The molecule has 7 heteroatoms. The Morgan fingerprint density at radius 3 is 2.75 bits per heavy atom. The second kappa shape index (κ2) is 6.74. The number of hydrogen-bond acceptors (Lipinski definition) is 7. The van der Waals surface area contributed by atoms with Gasteiger partial charge in [-0.25, -0.2) is 0 Å². The maximum Gasteiger partial charge on any atom is 0.208 e. The van der Waals surface area contributed by atoms with E-state index in [0.29, 0.717) is 5.92 Å². The van der Waals surface area contributed by atoms with Crippen LogP contribution in [0.1, 0.15) is 26.2 Å². The van der Waals surface area contributed by atoms with Gasteiger partial charge in [0.1, 0.15) is 5.54 Å². The molecule has 1 atom stereocenters. The van der Waals surface area contributed by atoms with Crippen molar-refractivity contribution >= 4 is 28.2 Å². The predicted octanol–water partition coefficient (Wildman–Crippen LogP) is 2.37. The molecule has 20 heavy (non-hydrogen) atoms. The average molecular weight is 311 g/mol. The Balaban J connectivity index is 1.99. The zero-order chi connectivity index (χ0) is 14.6. The molecule has 110 valence electrons. The fourth-order valence-electron chi connectivity index (χ4n) is 2.02. The van der Waals surface area contributed by atoms with Gasteiger partial charge in [-0.1, -0.05) is 30.0 Å². The molecule has 1 heterocycles. The molecule has 1 saturated carbocycles. The van der Waals surface area contributed by atoms with Gasteiger partial charge in [0.25, 0.3) is 0 Å². The van der Waals surface area contributed by atoms with Gasteiger partial charge in [-0.2, -0.15) is 5.26 Å². The lowest BCUT2D eigenvalue weighted by atomic mass is 9.97. The summed E-state index contributed by atoms with van der Waals surface area (Å²) < 4.78 is 0.937. The molecule has 2 rings (SSSR count). The van der Waals surface area contributed by atoms with Gasteiger partial charge in [0.05, 0.1) is 6.07 Å². The molecule has 0 aliphatic heterocycles. The Morgan fingerprint density at radius 1 is 1.50 bits per heavy atom. The minimum absolute atomic E-state index is 0.398. The highest BCUT2D eigenvalue weighted by Gasteiger charge is 2.45. The molecule has 5 nitrogen and oxygen atoms in total. The molecule has 0 bridgehead atoms. The first kappa shape index (κ1) is 15.5. The Bertz CT molecular complexity index is 477. The molecule has 1 N–H and O–H groups in total. The lowest BCUT2D eigenvalue weighted by molar-refractivity contribution is 0.405. The summed E-state index contributed by atoms with van der Waals surface area (Å²) in [6.45, 7) is 3.02. The fraction of sp³-hybridized carbons (Fsp3) is 0.769. The van der Waals surface area contributed by atoms with E-state index in [9.17, 15) is 5.26 Å². The van der Waals surface area contributed by atoms with Gasteiger partial charge in [0.15, 0.2) is 4.34 Å². The standard InChI is InChI=1S/C13H21N5S2/c1-4-7-15-13(8-14,10-5-6-10)9-19-12-17-16-11(20-12)18(2)3/h10,15H,4-7,9H2,1-3H3. The fourth-order valence-corrected chi connectivity index (χ4v) is 4.01. The SMILES string of the molecule is CCCNC(C#N)(CSc1nnc(N(C)C)s1)C1CC1. The van der Waals surface area contributed by atoms with Crippen LogP contribution in [0.25, 0.3) is 0 Å². The third kappa shape index (κ3) is 3.62. The summed E-state index contributed by atoms with van der Waals surface area (Å²) in [6, 6.07) is 2.53. The van der Waals surface area contributed by atoms with Crippen molar-refractivity contribution in [1.82, 2.24) is 15.5 Å². The monoisotopic (exact) mass is 311 g/mol. The summed E-state index contributed by atoms with van der Waals surface area (Å²) in [5, 5.41) is 22.3. The number of anilines is 1. The predicted molar refractivity (Wildman–Crippen MR) is 84.3 cm³/mol. The van der Waals surface area contributed by atoms with Gasteiger partial charge < -0.3 is 4.90 Å². The molecule has 1 aliphatic rings. The Kier molecular flexibility index (Phi) is 5.24. The molecule has 0 spiro atoms. The van der Waals surface area contributed by atoms with Crippen molar-refractivity contribution in [2.24, 2.45) is 5.92 Å². The lowest BCUT2D eigenvalue weighted by Crippen LogP contribution is -2.48. The summed E-state index contributed by atoms with van der Waals surface area (Å²) in [7, 11) is 3.92. The number of hydrogen-bond donors (Lipinski definition) is 1. The van der Waals surface area contributed by atoms with Gasteiger partial charge in [0.2, 0.25) is 5.13 Å². The van der Waals surface area contributed by atoms with E-state index in [0.717, 1.165) is 41.0 Å². The molecule has 1 aliphatic carbocycles. The summed E-state index contributed by atoms with van der Waals surface area (Å²) in [6.07, 6.45) is 3.36. The third-order valence-electron chi connectivity index (χ3n) is 3.37. The van der Waals surface area contributed by atoms with Crippen LogP contribution in [0, 0.1) is 17.2 Å². The first-order chi connectivity index (χ1) is 9.61. The normalized spacial score (nSPS) is 17.5. The van der Waals surface area contributed by atoms with Crippen molar-refractivity contribution in [1.29, 1.82) is 5.26 Å². The summed E-state index contributed by atoms with van der Waals surface area (Å²) >= 11 is 3.22. The molecular formula is C13H21N5S2. The maximum atomic E-state index is 9.62. The van der Waals surface area contributed by atoms with Crippen molar-refractivity contribution in [2.45, 2.75) is 36.1 Å². The van der Waals surface area contributed by atoms with Crippen molar-refractivity contribution in [2.75, 3.05) is 31.3 Å². The van der Waals surface area contributed by atoms with Crippen LogP contribution in [0.5, 0.6) is 0 Å². The summed E-state index contributed by atoms with van der Waals surface area (Å²) in [4.78, 5) is 1.95. The van der Waals surface area contributed by atoms with Crippen molar-refractivity contribution in [3.8, 4) is 6.07 Å². The molecule has 0 amide bonds. The minimum Gasteiger partial charge on any atom is -0.353 e. The van der Waals surface area contributed by atoms with E-state index in [1.807, 2.05) is 19.0 Å². The lowest BCUT2D eigenvalue weighted by Gasteiger charge is -2.27. The zero-order valence-corrected chi connectivity index (χ0v) is 13.9. The molecule has 0 aromatic carbocycles. The highest BCUT2D eigenvalue weighted by atomic mass is 32.2. The Labute approximate surface area is 128 Å². The maximum absolute atomic E-state index is 9.62. The van der Waals surface area contributed by atoms with Crippen LogP contribution in [-0.4, -0.2) is 42.1 Å². The van der Waals surface area contributed by atoms with Crippen LogP contribution in [-0.2, 0) is 0 Å². The van der Waals surface area contributed by atoms with Gasteiger partial charge in [-0.05, 0) is 31.7 Å². The number of nitrogens with one attached hydrogen (secondary N) is 1. The molecule has 1 aromatic heterocycles. The quantitative estimate of drug-likeness (QED) is 0.744. The molecule has 1 unspecified atom stereocenters. The van der Waals surface area contributed by atoms with E-state index in [1.54, 1.807) is 23.1 Å². The second-order valence-corrected chi connectivity index (χ2v) is 7.50. The molecular weight excluding hydrogens is 290 g/mol. The van der Waals surface area contributed by atoms with E-state index in [-0.39, 0.29) is 0 Å². The van der Waals surface area contributed by atoms with Gasteiger partial charge in [-0.3, -0.25) is 5.32 Å².